The minimum Gasteiger partial charge on any atom is -0.241 e. The molecule has 0 N–H and O–H groups in total. The van der Waals surface area contributed by atoms with Crippen molar-refractivity contribution < 1.29 is 4.39 Å². The van der Waals surface area contributed by atoms with Gasteiger partial charge in [-0.25, -0.2) is 9.37 Å². The van der Waals surface area contributed by atoms with Crippen LogP contribution >= 0.6 is 34.8 Å². The zero-order valence-corrected chi connectivity index (χ0v) is 7.51. The van der Waals surface area contributed by atoms with E-state index in [1.54, 1.807) is 0 Å². The Labute approximate surface area is 78.1 Å². The maximum absolute atomic E-state index is 12.8. The van der Waals surface area contributed by atoms with Gasteiger partial charge in [0.15, 0.2) is 11.0 Å². The van der Waals surface area contributed by atoms with E-state index in [4.69, 9.17) is 34.8 Å². The average molecular weight is 214 g/mol. The molecule has 0 atom stereocenters. The zero-order chi connectivity index (χ0) is 8.43. The Morgan fingerprint density at radius 3 is 2.64 bits per heavy atom. The molecule has 1 aromatic rings. The fraction of sp³-hybridized carbons (Fsp3) is 0.167. The summed E-state index contributed by atoms with van der Waals surface area (Å²) in [4.78, 5) is 3.53. The molecule has 0 saturated heterocycles. The van der Waals surface area contributed by atoms with Gasteiger partial charge in [-0.05, 0) is 0 Å². The Bertz CT molecular complexity index is 277. The van der Waals surface area contributed by atoms with E-state index in [0.29, 0.717) is 5.56 Å². The maximum atomic E-state index is 12.8. The van der Waals surface area contributed by atoms with Crippen molar-refractivity contribution >= 4 is 34.8 Å². The third-order valence-electron chi connectivity index (χ3n) is 1.13. The summed E-state index contributed by atoms with van der Waals surface area (Å²) in [5, 5.41) is -0.288. The molecule has 0 unspecified atom stereocenters. The van der Waals surface area contributed by atoms with Gasteiger partial charge in [-0.1, -0.05) is 23.2 Å². The summed E-state index contributed by atoms with van der Waals surface area (Å²) in [7, 11) is 0. The van der Waals surface area contributed by atoms with Gasteiger partial charge in [0.2, 0.25) is 0 Å². The molecule has 0 spiro atoms. The highest BCUT2D eigenvalue weighted by Crippen LogP contribution is 2.24. The van der Waals surface area contributed by atoms with Crippen LogP contribution in [0.25, 0.3) is 0 Å². The molecule has 1 heterocycles. The molecule has 5 heteroatoms. The van der Waals surface area contributed by atoms with Crippen molar-refractivity contribution in [1.29, 1.82) is 0 Å². The average Bonchev–Trinajstić information content (AvgIpc) is 2.01. The summed E-state index contributed by atoms with van der Waals surface area (Å²) < 4.78 is 12.8. The SMILES string of the molecule is Fc1c(Cl)ncc(CCl)c1Cl. The predicted molar refractivity (Wildman–Crippen MR) is 43.8 cm³/mol. The summed E-state index contributed by atoms with van der Waals surface area (Å²) in [6.07, 6.45) is 1.35. The molecule has 0 fully saturated rings. The quantitative estimate of drug-likeness (QED) is 0.516. The topological polar surface area (TPSA) is 12.9 Å². The minimum atomic E-state index is -0.716. The standard InChI is InChI=1S/C6H3Cl3FN/c7-1-3-2-11-6(9)5(10)4(3)8/h2H,1H2. The number of halogens is 4. The lowest BCUT2D eigenvalue weighted by atomic mass is 10.3. The van der Waals surface area contributed by atoms with Gasteiger partial charge in [-0.15, -0.1) is 11.6 Å². The summed E-state index contributed by atoms with van der Waals surface area (Å²) in [5.74, 6) is -0.591. The molecule has 0 aromatic carbocycles. The molecule has 0 aliphatic carbocycles. The van der Waals surface area contributed by atoms with Crippen molar-refractivity contribution in [1.82, 2.24) is 4.98 Å². The number of rotatable bonds is 1. The molecule has 1 aromatic heterocycles. The highest BCUT2D eigenvalue weighted by atomic mass is 35.5. The highest BCUT2D eigenvalue weighted by Gasteiger charge is 2.09. The van der Waals surface area contributed by atoms with Crippen molar-refractivity contribution in [2.75, 3.05) is 0 Å². The molecule has 1 nitrogen and oxygen atoms in total. The highest BCUT2D eigenvalue weighted by molar-refractivity contribution is 6.35. The Morgan fingerprint density at radius 2 is 2.09 bits per heavy atom. The number of pyridine rings is 1. The van der Waals surface area contributed by atoms with Crippen molar-refractivity contribution in [3.8, 4) is 0 Å². The summed E-state index contributed by atoms with van der Waals surface area (Å²) in [6.45, 7) is 0. The fourth-order valence-electron chi connectivity index (χ4n) is 0.573. The maximum Gasteiger partial charge on any atom is 0.179 e. The third kappa shape index (κ3) is 1.75. The molecule has 0 bridgehead atoms. The molecular weight excluding hydrogens is 211 g/mol. The molecule has 60 valence electrons. The van der Waals surface area contributed by atoms with Gasteiger partial charge in [0.25, 0.3) is 0 Å². The number of hydrogen-bond acceptors (Lipinski definition) is 1. The van der Waals surface area contributed by atoms with E-state index in [0.717, 1.165) is 0 Å². The van der Waals surface area contributed by atoms with Crippen molar-refractivity contribution in [2.45, 2.75) is 5.88 Å². The first kappa shape index (κ1) is 9.04. The van der Waals surface area contributed by atoms with Crippen LogP contribution < -0.4 is 0 Å². The molecule has 1 rings (SSSR count). The molecule has 0 saturated carbocycles. The number of alkyl halides is 1. The second-order valence-corrected chi connectivity index (χ2v) is 2.84. The number of nitrogens with zero attached hydrogens (tertiary/aromatic N) is 1. The van der Waals surface area contributed by atoms with Crippen molar-refractivity contribution in [3.63, 3.8) is 0 Å². The van der Waals surface area contributed by atoms with E-state index in [2.05, 4.69) is 4.98 Å². The predicted octanol–water partition coefficient (Wildman–Crippen LogP) is 3.27. The summed E-state index contributed by atoms with van der Waals surface area (Å²) in [6, 6.07) is 0. The molecule has 0 aliphatic heterocycles. The Hall–Kier alpha value is -0.0500. The van der Waals surface area contributed by atoms with Gasteiger partial charge in [-0.3, -0.25) is 0 Å². The van der Waals surface area contributed by atoms with Crippen LogP contribution in [0.15, 0.2) is 6.20 Å². The van der Waals surface area contributed by atoms with Crippen molar-refractivity contribution in [3.05, 3.63) is 27.8 Å². The largest absolute Gasteiger partial charge is 0.241 e. The van der Waals surface area contributed by atoms with E-state index >= 15 is 0 Å². The van der Waals surface area contributed by atoms with Crippen LogP contribution in [0.3, 0.4) is 0 Å². The molecule has 0 aliphatic rings. The van der Waals surface area contributed by atoms with E-state index in [9.17, 15) is 4.39 Å². The van der Waals surface area contributed by atoms with Gasteiger partial charge >= 0.3 is 0 Å². The molecule has 0 radical (unpaired) electrons. The summed E-state index contributed by atoms with van der Waals surface area (Å²) in [5.41, 5.74) is 0.440. The van der Waals surface area contributed by atoms with Crippen molar-refractivity contribution in [2.24, 2.45) is 0 Å². The molecular formula is C6H3Cl3FN. The first-order valence-electron chi connectivity index (χ1n) is 2.71. The first-order valence-corrected chi connectivity index (χ1v) is 4.00. The van der Waals surface area contributed by atoms with Gasteiger partial charge in [0, 0.05) is 11.8 Å². The van der Waals surface area contributed by atoms with Crippen LogP contribution in [-0.2, 0) is 5.88 Å². The second-order valence-electron chi connectivity index (χ2n) is 1.84. The Balaban J connectivity index is 3.25. The minimum absolute atomic E-state index is 0.0556. The lowest BCUT2D eigenvalue weighted by Gasteiger charge is -2.00. The third-order valence-corrected chi connectivity index (χ3v) is 2.09. The van der Waals surface area contributed by atoms with Crippen LogP contribution in [0.1, 0.15) is 5.56 Å². The smallest absolute Gasteiger partial charge is 0.179 e. The number of hydrogen-bond donors (Lipinski definition) is 0. The molecule has 0 amide bonds. The second kappa shape index (κ2) is 3.57. The Kier molecular flexibility index (Phi) is 2.93. The van der Waals surface area contributed by atoms with Gasteiger partial charge in [-0.2, -0.15) is 0 Å². The summed E-state index contributed by atoms with van der Waals surface area (Å²) >= 11 is 16.3. The van der Waals surface area contributed by atoms with Crippen LogP contribution in [0.2, 0.25) is 10.2 Å². The van der Waals surface area contributed by atoms with E-state index in [1.165, 1.54) is 6.20 Å². The first-order chi connectivity index (χ1) is 5.16. The lowest BCUT2D eigenvalue weighted by Crippen LogP contribution is -1.89. The van der Waals surface area contributed by atoms with Crippen LogP contribution in [0.5, 0.6) is 0 Å². The van der Waals surface area contributed by atoms with Gasteiger partial charge in [0.05, 0.1) is 10.9 Å². The van der Waals surface area contributed by atoms with Crippen LogP contribution in [0.4, 0.5) is 4.39 Å². The van der Waals surface area contributed by atoms with Gasteiger partial charge in [0.1, 0.15) is 0 Å². The Morgan fingerprint density at radius 1 is 1.45 bits per heavy atom. The van der Waals surface area contributed by atoms with E-state index in [1.807, 2.05) is 0 Å². The van der Waals surface area contributed by atoms with E-state index < -0.39 is 5.82 Å². The number of aromatic nitrogens is 1. The normalized spacial score (nSPS) is 10.2. The van der Waals surface area contributed by atoms with Gasteiger partial charge < -0.3 is 0 Å². The molecule has 11 heavy (non-hydrogen) atoms. The fourth-order valence-corrected chi connectivity index (χ4v) is 1.24. The van der Waals surface area contributed by atoms with Crippen LogP contribution in [0, 0.1) is 5.82 Å². The van der Waals surface area contributed by atoms with E-state index in [-0.39, 0.29) is 16.1 Å². The van der Waals surface area contributed by atoms with Crippen LogP contribution in [-0.4, -0.2) is 4.98 Å². The zero-order valence-electron chi connectivity index (χ0n) is 5.24. The lowest BCUT2D eigenvalue weighted by molar-refractivity contribution is 0.620. The monoisotopic (exact) mass is 213 g/mol.